The lowest BCUT2D eigenvalue weighted by Crippen LogP contribution is -2.10. The Morgan fingerprint density at radius 3 is 2.73 bits per heavy atom. The van der Waals surface area contributed by atoms with Gasteiger partial charge in [-0.3, -0.25) is 4.79 Å². The molecule has 0 aliphatic rings. The molecule has 0 bridgehead atoms. The molecule has 2 nitrogen and oxygen atoms in total. The number of hydrogen-bond acceptors (Lipinski definition) is 2. The first-order valence-corrected chi connectivity index (χ1v) is 5.47. The molecule has 0 heterocycles. The highest BCUT2D eigenvalue weighted by molar-refractivity contribution is 5.96. The van der Waals surface area contributed by atoms with E-state index in [4.69, 9.17) is 4.74 Å². The molecule has 0 aromatic heterocycles. The number of hydrogen-bond donors (Lipinski definition) is 0. The average Bonchev–Trinajstić information content (AvgIpc) is 2.28. The van der Waals surface area contributed by atoms with Crippen molar-refractivity contribution in [3.63, 3.8) is 0 Å². The van der Waals surface area contributed by atoms with E-state index in [1.165, 1.54) is 0 Å². The molecule has 15 heavy (non-hydrogen) atoms. The van der Waals surface area contributed by atoms with Crippen LogP contribution >= 0.6 is 0 Å². The van der Waals surface area contributed by atoms with E-state index < -0.39 is 0 Å². The van der Waals surface area contributed by atoms with Crippen LogP contribution in [0.15, 0.2) is 24.3 Å². The molecule has 0 fully saturated rings. The van der Waals surface area contributed by atoms with E-state index in [0.717, 1.165) is 17.7 Å². The minimum atomic E-state index is 0.157. The summed E-state index contributed by atoms with van der Waals surface area (Å²) >= 11 is 0. The summed E-state index contributed by atoms with van der Waals surface area (Å²) in [5.41, 5.74) is 0.735. The van der Waals surface area contributed by atoms with Gasteiger partial charge in [-0.2, -0.15) is 0 Å². The predicted molar refractivity (Wildman–Crippen MR) is 61.4 cm³/mol. The van der Waals surface area contributed by atoms with E-state index in [9.17, 15) is 4.79 Å². The Labute approximate surface area is 91.3 Å². The highest BCUT2D eigenvalue weighted by atomic mass is 16.5. The summed E-state index contributed by atoms with van der Waals surface area (Å²) in [6.45, 7) is 5.96. The molecular formula is C13H18O2. The molecule has 1 aromatic carbocycles. The second kappa shape index (κ2) is 5.54. The van der Waals surface area contributed by atoms with Crippen LogP contribution in [0.4, 0.5) is 0 Å². The van der Waals surface area contributed by atoms with Gasteiger partial charge in [0.2, 0.25) is 0 Å². The number of carbonyl (C=O) groups is 1. The van der Waals surface area contributed by atoms with E-state index in [1.54, 1.807) is 0 Å². The monoisotopic (exact) mass is 206 g/mol. The van der Waals surface area contributed by atoms with Crippen LogP contribution in [-0.2, 0) is 0 Å². The van der Waals surface area contributed by atoms with Crippen molar-refractivity contribution in [2.24, 2.45) is 0 Å². The van der Waals surface area contributed by atoms with Gasteiger partial charge in [-0.15, -0.1) is 0 Å². The maximum atomic E-state index is 11.5. The van der Waals surface area contributed by atoms with Crippen LogP contribution in [0.3, 0.4) is 0 Å². The second-order valence-corrected chi connectivity index (χ2v) is 3.64. The zero-order chi connectivity index (χ0) is 11.3. The van der Waals surface area contributed by atoms with Gasteiger partial charge in [0, 0.05) is 12.0 Å². The van der Waals surface area contributed by atoms with Gasteiger partial charge in [0.15, 0.2) is 5.78 Å². The van der Waals surface area contributed by atoms with Gasteiger partial charge < -0.3 is 4.74 Å². The maximum absolute atomic E-state index is 11.5. The normalized spacial score (nSPS) is 12.2. The molecular weight excluding hydrogens is 188 g/mol. The standard InChI is InChI=1S/C13H18O2/c1-4-10(3)15-12-8-6-7-11(9-12)13(14)5-2/h6-10H,4-5H2,1-3H3. The Balaban J connectivity index is 2.78. The lowest BCUT2D eigenvalue weighted by atomic mass is 10.1. The third-order valence-corrected chi connectivity index (χ3v) is 2.39. The molecule has 0 aliphatic heterocycles. The van der Waals surface area contributed by atoms with E-state index in [2.05, 4.69) is 6.92 Å². The van der Waals surface area contributed by atoms with E-state index in [0.29, 0.717) is 6.42 Å². The average molecular weight is 206 g/mol. The molecule has 1 aromatic rings. The van der Waals surface area contributed by atoms with Crippen molar-refractivity contribution in [3.8, 4) is 5.75 Å². The summed E-state index contributed by atoms with van der Waals surface area (Å²) in [6, 6.07) is 7.40. The first-order chi connectivity index (χ1) is 7.17. The first-order valence-electron chi connectivity index (χ1n) is 5.47. The lowest BCUT2D eigenvalue weighted by molar-refractivity contribution is 0.0987. The van der Waals surface area contributed by atoms with Gasteiger partial charge in [-0.25, -0.2) is 0 Å². The fourth-order valence-corrected chi connectivity index (χ4v) is 1.26. The van der Waals surface area contributed by atoms with E-state index >= 15 is 0 Å². The molecule has 0 N–H and O–H groups in total. The number of Topliss-reactive ketones (excluding diaryl/α,β-unsaturated/α-hetero) is 1. The van der Waals surface area contributed by atoms with Crippen molar-refractivity contribution in [1.29, 1.82) is 0 Å². The SMILES string of the molecule is CCC(=O)c1cccc(OC(C)CC)c1. The van der Waals surface area contributed by atoms with Crippen molar-refractivity contribution in [2.75, 3.05) is 0 Å². The van der Waals surface area contributed by atoms with Gasteiger partial charge in [-0.1, -0.05) is 26.0 Å². The molecule has 1 rings (SSSR count). The van der Waals surface area contributed by atoms with E-state index in [1.807, 2.05) is 38.1 Å². The van der Waals surface area contributed by atoms with Gasteiger partial charge in [0.05, 0.1) is 6.10 Å². The van der Waals surface area contributed by atoms with Crippen molar-refractivity contribution >= 4 is 5.78 Å². The Kier molecular flexibility index (Phi) is 4.35. The molecule has 2 heteroatoms. The molecule has 1 atom stereocenters. The smallest absolute Gasteiger partial charge is 0.162 e. The third kappa shape index (κ3) is 3.39. The van der Waals surface area contributed by atoms with Crippen LogP contribution in [-0.4, -0.2) is 11.9 Å². The van der Waals surface area contributed by atoms with Crippen molar-refractivity contribution in [1.82, 2.24) is 0 Å². The molecule has 0 aliphatic carbocycles. The molecule has 0 spiro atoms. The predicted octanol–water partition coefficient (Wildman–Crippen LogP) is 3.46. The zero-order valence-electron chi connectivity index (χ0n) is 9.62. The quantitative estimate of drug-likeness (QED) is 0.690. The summed E-state index contributed by atoms with van der Waals surface area (Å²) in [6.07, 6.45) is 1.69. The minimum Gasteiger partial charge on any atom is -0.491 e. The summed E-state index contributed by atoms with van der Waals surface area (Å²) in [5.74, 6) is 0.938. The largest absolute Gasteiger partial charge is 0.491 e. The third-order valence-electron chi connectivity index (χ3n) is 2.39. The summed E-state index contributed by atoms with van der Waals surface area (Å²) in [7, 11) is 0. The molecule has 0 radical (unpaired) electrons. The van der Waals surface area contributed by atoms with Crippen LogP contribution in [0.5, 0.6) is 5.75 Å². The van der Waals surface area contributed by atoms with Crippen LogP contribution in [0.25, 0.3) is 0 Å². The van der Waals surface area contributed by atoms with Crippen molar-refractivity contribution in [3.05, 3.63) is 29.8 Å². The summed E-state index contributed by atoms with van der Waals surface area (Å²) in [5, 5.41) is 0. The number of benzene rings is 1. The van der Waals surface area contributed by atoms with Crippen molar-refractivity contribution < 1.29 is 9.53 Å². The van der Waals surface area contributed by atoms with Gasteiger partial charge in [0.25, 0.3) is 0 Å². The highest BCUT2D eigenvalue weighted by Crippen LogP contribution is 2.16. The first kappa shape index (κ1) is 11.8. The highest BCUT2D eigenvalue weighted by Gasteiger charge is 2.05. The van der Waals surface area contributed by atoms with Gasteiger partial charge in [0.1, 0.15) is 5.75 Å². The zero-order valence-corrected chi connectivity index (χ0v) is 9.62. The Morgan fingerprint density at radius 1 is 1.40 bits per heavy atom. The fourth-order valence-electron chi connectivity index (χ4n) is 1.26. The molecule has 1 unspecified atom stereocenters. The molecule has 0 amide bonds. The Morgan fingerprint density at radius 2 is 2.13 bits per heavy atom. The number of ether oxygens (including phenoxy) is 1. The number of rotatable bonds is 5. The van der Waals surface area contributed by atoms with Crippen LogP contribution < -0.4 is 4.74 Å². The van der Waals surface area contributed by atoms with Crippen molar-refractivity contribution in [2.45, 2.75) is 39.7 Å². The van der Waals surface area contributed by atoms with Crippen LogP contribution in [0, 0.1) is 0 Å². The van der Waals surface area contributed by atoms with Crippen LogP contribution in [0.2, 0.25) is 0 Å². The second-order valence-electron chi connectivity index (χ2n) is 3.64. The topological polar surface area (TPSA) is 26.3 Å². The van der Waals surface area contributed by atoms with Gasteiger partial charge in [-0.05, 0) is 25.5 Å². The molecule has 82 valence electrons. The molecule has 0 saturated carbocycles. The Bertz CT molecular complexity index is 331. The van der Waals surface area contributed by atoms with Gasteiger partial charge >= 0.3 is 0 Å². The van der Waals surface area contributed by atoms with Crippen LogP contribution in [0.1, 0.15) is 44.0 Å². The van der Waals surface area contributed by atoms with E-state index in [-0.39, 0.29) is 11.9 Å². The number of carbonyl (C=O) groups excluding carboxylic acids is 1. The summed E-state index contributed by atoms with van der Waals surface area (Å²) in [4.78, 5) is 11.5. The summed E-state index contributed by atoms with van der Waals surface area (Å²) < 4.78 is 5.65. The number of ketones is 1. The minimum absolute atomic E-state index is 0.157. The lowest BCUT2D eigenvalue weighted by Gasteiger charge is -2.12. The fraction of sp³-hybridized carbons (Fsp3) is 0.462. The Hall–Kier alpha value is -1.31. The maximum Gasteiger partial charge on any atom is 0.162 e. The molecule has 0 saturated heterocycles.